The Labute approximate surface area is 108 Å². The summed E-state index contributed by atoms with van der Waals surface area (Å²) in [5.74, 6) is 0.0887. The molecular weight excluding hydrogens is 226 g/mol. The molecule has 0 bridgehead atoms. The average molecular weight is 247 g/mol. The number of nitrogens with one attached hydrogen (secondary N) is 1. The molecule has 1 aromatic rings. The van der Waals surface area contributed by atoms with Gasteiger partial charge in [0.25, 0.3) is 0 Å². The van der Waals surface area contributed by atoms with Crippen molar-refractivity contribution in [2.24, 2.45) is 0 Å². The van der Waals surface area contributed by atoms with Gasteiger partial charge in [-0.05, 0) is 44.9 Å². The number of nitrogens with two attached hydrogens (primary N) is 1. The molecule has 0 saturated carbocycles. The normalized spacial score (nSPS) is 14.3. The molecule has 98 valence electrons. The van der Waals surface area contributed by atoms with E-state index in [2.05, 4.69) is 31.0 Å². The molecule has 0 atom stereocenters. The molecule has 0 fully saturated rings. The highest BCUT2D eigenvalue weighted by molar-refractivity contribution is 5.95. The van der Waals surface area contributed by atoms with Gasteiger partial charge in [0.2, 0.25) is 5.91 Å². The lowest BCUT2D eigenvalue weighted by Gasteiger charge is -2.30. The minimum atomic E-state index is 0.0887. The number of benzene rings is 1. The molecule has 0 radical (unpaired) electrons. The fraction of sp³-hybridized carbons (Fsp3) is 0.500. The van der Waals surface area contributed by atoms with Crippen LogP contribution >= 0.6 is 0 Å². The second kappa shape index (κ2) is 4.88. The predicted molar refractivity (Wildman–Crippen MR) is 76.0 cm³/mol. The Morgan fingerprint density at radius 3 is 2.72 bits per heavy atom. The van der Waals surface area contributed by atoms with Gasteiger partial charge in [-0.2, -0.15) is 0 Å². The summed E-state index contributed by atoms with van der Waals surface area (Å²) >= 11 is 0. The van der Waals surface area contributed by atoms with Gasteiger partial charge in [0.15, 0.2) is 0 Å². The molecule has 1 aliphatic rings. The van der Waals surface area contributed by atoms with E-state index in [9.17, 15) is 4.79 Å². The maximum absolute atomic E-state index is 11.4. The van der Waals surface area contributed by atoms with Crippen LogP contribution in [-0.4, -0.2) is 18.5 Å². The molecule has 3 N–H and O–H groups in total. The highest BCUT2D eigenvalue weighted by atomic mass is 16.1. The summed E-state index contributed by atoms with van der Waals surface area (Å²) in [7, 11) is 0. The van der Waals surface area contributed by atoms with Crippen LogP contribution < -0.4 is 16.0 Å². The molecule has 4 heteroatoms. The van der Waals surface area contributed by atoms with E-state index in [4.69, 9.17) is 5.73 Å². The zero-order chi connectivity index (χ0) is 13.3. The monoisotopic (exact) mass is 247 g/mol. The van der Waals surface area contributed by atoms with Crippen molar-refractivity contribution in [1.29, 1.82) is 0 Å². The van der Waals surface area contributed by atoms with Crippen molar-refractivity contribution in [3.8, 4) is 0 Å². The van der Waals surface area contributed by atoms with E-state index in [1.807, 2.05) is 12.1 Å². The van der Waals surface area contributed by atoms with Crippen LogP contribution in [0.25, 0.3) is 0 Å². The molecule has 1 aromatic carbocycles. The number of amides is 1. The smallest absolute Gasteiger partial charge is 0.224 e. The Morgan fingerprint density at radius 2 is 2.11 bits per heavy atom. The van der Waals surface area contributed by atoms with E-state index < -0.39 is 0 Å². The third kappa shape index (κ3) is 2.28. The largest absolute Gasteiger partial charge is 0.397 e. The molecule has 4 nitrogen and oxygen atoms in total. The summed E-state index contributed by atoms with van der Waals surface area (Å²) in [6.07, 6.45) is 1.33. The van der Waals surface area contributed by atoms with Crippen LogP contribution in [0.1, 0.15) is 32.8 Å². The first-order valence-corrected chi connectivity index (χ1v) is 6.51. The standard InChI is InChI=1S/C14H21N3O/c1-4-17(9(2)3)13-8-12-10(7-11(13)15)5-6-14(18)16-12/h7-9H,4-6,15H2,1-3H3,(H,16,18). The zero-order valence-corrected chi connectivity index (χ0v) is 11.3. The van der Waals surface area contributed by atoms with Crippen LogP contribution in [0, 0.1) is 0 Å². The molecule has 1 heterocycles. The van der Waals surface area contributed by atoms with E-state index >= 15 is 0 Å². The molecule has 0 unspecified atom stereocenters. The first-order valence-electron chi connectivity index (χ1n) is 6.51. The lowest BCUT2D eigenvalue weighted by atomic mass is 10.0. The number of hydrogen-bond acceptors (Lipinski definition) is 3. The molecule has 0 aliphatic carbocycles. The summed E-state index contributed by atoms with van der Waals surface area (Å²) in [6.45, 7) is 7.29. The van der Waals surface area contributed by atoms with Gasteiger partial charge in [-0.15, -0.1) is 0 Å². The number of nitrogens with zero attached hydrogens (tertiary/aromatic N) is 1. The highest BCUT2D eigenvalue weighted by Gasteiger charge is 2.19. The van der Waals surface area contributed by atoms with E-state index in [1.165, 1.54) is 0 Å². The van der Waals surface area contributed by atoms with Gasteiger partial charge >= 0.3 is 0 Å². The van der Waals surface area contributed by atoms with Gasteiger partial charge in [-0.3, -0.25) is 4.79 Å². The summed E-state index contributed by atoms with van der Waals surface area (Å²) in [5.41, 5.74) is 9.99. The minimum Gasteiger partial charge on any atom is -0.397 e. The molecule has 1 amide bonds. The van der Waals surface area contributed by atoms with Crippen LogP contribution in [0.15, 0.2) is 12.1 Å². The van der Waals surface area contributed by atoms with Crippen LogP contribution in [0.4, 0.5) is 17.1 Å². The second-order valence-electron chi connectivity index (χ2n) is 5.00. The van der Waals surface area contributed by atoms with Gasteiger partial charge in [0, 0.05) is 24.7 Å². The van der Waals surface area contributed by atoms with Crippen molar-refractivity contribution in [1.82, 2.24) is 0 Å². The number of fused-ring (bicyclic) bond motifs is 1. The molecule has 0 aromatic heterocycles. The molecule has 0 spiro atoms. The van der Waals surface area contributed by atoms with E-state index in [0.717, 1.165) is 35.6 Å². The van der Waals surface area contributed by atoms with E-state index in [-0.39, 0.29) is 5.91 Å². The van der Waals surface area contributed by atoms with Crippen molar-refractivity contribution in [2.75, 3.05) is 22.5 Å². The lowest BCUT2D eigenvalue weighted by Crippen LogP contribution is -2.31. The Morgan fingerprint density at radius 1 is 1.39 bits per heavy atom. The first-order chi connectivity index (χ1) is 8.52. The third-order valence-corrected chi connectivity index (χ3v) is 3.42. The van der Waals surface area contributed by atoms with Crippen LogP contribution in [0.2, 0.25) is 0 Å². The molecular formula is C14H21N3O. The number of hydrogen-bond donors (Lipinski definition) is 2. The van der Waals surface area contributed by atoms with Gasteiger partial charge in [-0.25, -0.2) is 0 Å². The molecule has 2 rings (SSSR count). The summed E-state index contributed by atoms with van der Waals surface area (Å²) < 4.78 is 0. The van der Waals surface area contributed by atoms with E-state index in [0.29, 0.717) is 12.5 Å². The number of rotatable bonds is 3. The minimum absolute atomic E-state index is 0.0887. The summed E-state index contributed by atoms with van der Waals surface area (Å²) in [5, 5.41) is 2.92. The van der Waals surface area contributed by atoms with Gasteiger partial charge in [0.05, 0.1) is 11.4 Å². The maximum Gasteiger partial charge on any atom is 0.224 e. The Kier molecular flexibility index (Phi) is 3.45. The number of carbonyl (C=O) groups is 1. The van der Waals surface area contributed by atoms with Crippen LogP contribution in [0.3, 0.4) is 0 Å². The fourth-order valence-electron chi connectivity index (χ4n) is 2.50. The quantitative estimate of drug-likeness (QED) is 0.806. The van der Waals surface area contributed by atoms with Crippen LogP contribution in [0.5, 0.6) is 0 Å². The number of nitrogen functional groups attached to an aromatic ring is 1. The molecule has 1 aliphatic heterocycles. The topological polar surface area (TPSA) is 58.4 Å². The van der Waals surface area contributed by atoms with Crippen molar-refractivity contribution >= 4 is 23.0 Å². The fourth-order valence-corrected chi connectivity index (χ4v) is 2.50. The van der Waals surface area contributed by atoms with Gasteiger partial charge in [0.1, 0.15) is 0 Å². The number of anilines is 3. The predicted octanol–water partition coefficient (Wildman–Crippen LogP) is 2.39. The van der Waals surface area contributed by atoms with Crippen molar-refractivity contribution < 1.29 is 4.79 Å². The first kappa shape index (κ1) is 12.7. The number of carbonyl (C=O) groups excluding carboxylic acids is 1. The Balaban J connectivity index is 2.43. The van der Waals surface area contributed by atoms with Crippen molar-refractivity contribution in [3.05, 3.63) is 17.7 Å². The van der Waals surface area contributed by atoms with Gasteiger partial charge in [-0.1, -0.05) is 0 Å². The highest BCUT2D eigenvalue weighted by Crippen LogP contribution is 2.34. The SMILES string of the molecule is CCN(c1cc2c(cc1N)CCC(=O)N2)C(C)C. The van der Waals surface area contributed by atoms with Crippen molar-refractivity contribution in [3.63, 3.8) is 0 Å². The second-order valence-corrected chi connectivity index (χ2v) is 5.00. The summed E-state index contributed by atoms with van der Waals surface area (Å²) in [6, 6.07) is 4.38. The van der Waals surface area contributed by atoms with Crippen molar-refractivity contribution in [2.45, 2.75) is 39.7 Å². The van der Waals surface area contributed by atoms with Gasteiger partial charge < -0.3 is 16.0 Å². The summed E-state index contributed by atoms with van der Waals surface area (Å²) in [4.78, 5) is 13.7. The van der Waals surface area contributed by atoms with E-state index in [1.54, 1.807) is 0 Å². The third-order valence-electron chi connectivity index (χ3n) is 3.42. The Bertz CT molecular complexity index is 468. The van der Waals surface area contributed by atoms with Crippen LogP contribution in [-0.2, 0) is 11.2 Å². The maximum atomic E-state index is 11.4. The average Bonchev–Trinajstić information content (AvgIpc) is 2.31. The molecule has 18 heavy (non-hydrogen) atoms. The number of aryl methyl sites for hydroxylation is 1. The molecule has 0 saturated heterocycles. The lowest BCUT2D eigenvalue weighted by molar-refractivity contribution is -0.116. The zero-order valence-electron chi connectivity index (χ0n) is 11.3. The Hall–Kier alpha value is -1.71.